The summed E-state index contributed by atoms with van der Waals surface area (Å²) in [5.74, 6) is -0.466. The average molecular weight is 642 g/mol. The number of nitrogens with zero attached hydrogens (tertiary/aromatic N) is 1. The Kier molecular flexibility index (Phi) is 10.9. The summed E-state index contributed by atoms with van der Waals surface area (Å²) in [6, 6.07) is 8.22. The molecule has 1 aliphatic rings. The first-order valence-corrected chi connectivity index (χ1v) is 13.3. The second-order valence-electron chi connectivity index (χ2n) is 8.78. The van der Waals surface area contributed by atoms with Gasteiger partial charge in [0.25, 0.3) is 0 Å². The number of ether oxygens (including phenoxy) is 2. The van der Waals surface area contributed by atoms with Crippen molar-refractivity contribution in [3.63, 3.8) is 0 Å². The van der Waals surface area contributed by atoms with E-state index in [4.69, 9.17) is 14.6 Å². The Morgan fingerprint density at radius 1 is 1.18 bits per heavy atom. The van der Waals surface area contributed by atoms with E-state index in [1.807, 2.05) is 22.6 Å². The molecule has 3 rings (SSSR count). The fraction of sp³-hybridized carbons (Fsp3) is 0.407. The molecule has 0 bridgehead atoms. The molecule has 0 heterocycles. The van der Waals surface area contributed by atoms with Crippen molar-refractivity contribution in [2.75, 3.05) is 20.3 Å². The van der Waals surface area contributed by atoms with E-state index >= 15 is 0 Å². The van der Waals surface area contributed by atoms with E-state index in [-0.39, 0.29) is 50.6 Å². The van der Waals surface area contributed by atoms with E-state index in [2.05, 4.69) is 5.32 Å². The van der Waals surface area contributed by atoms with Crippen molar-refractivity contribution < 1.29 is 38.8 Å². The molecule has 206 valence electrons. The first-order valence-electron chi connectivity index (χ1n) is 12.2. The van der Waals surface area contributed by atoms with Crippen LogP contribution in [0.25, 0.3) is 0 Å². The molecule has 1 aliphatic carbocycles. The zero-order chi connectivity index (χ0) is 27.8. The van der Waals surface area contributed by atoms with Crippen molar-refractivity contribution in [3.05, 3.63) is 68.6 Å². The number of aliphatic hydroxyl groups excluding tert-OH is 3. The largest absolute Gasteiger partial charge is 0.493 e. The van der Waals surface area contributed by atoms with Crippen LogP contribution in [0.15, 0.2) is 48.0 Å². The van der Waals surface area contributed by atoms with E-state index in [1.165, 1.54) is 30.2 Å². The lowest BCUT2D eigenvalue weighted by Crippen LogP contribution is -2.54. The number of carbonyl (C=O) groups is 2. The van der Waals surface area contributed by atoms with Crippen molar-refractivity contribution in [2.45, 2.75) is 51.2 Å². The van der Waals surface area contributed by atoms with Gasteiger partial charge >= 0.3 is 0 Å². The maximum Gasteiger partial charge on any atom is 0.247 e. The first kappa shape index (κ1) is 29.8. The molecule has 0 unspecified atom stereocenters. The summed E-state index contributed by atoms with van der Waals surface area (Å²) in [6.07, 6.45) is -0.552. The lowest BCUT2D eigenvalue weighted by molar-refractivity contribution is -0.139. The Bertz CT molecular complexity index is 1160. The van der Waals surface area contributed by atoms with Crippen molar-refractivity contribution in [1.29, 1.82) is 0 Å². The Balaban J connectivity index is 2.01. The van der Waals surface area contributed by atoms with Crippen LogP contribution >= 0.6 is 22.6 Å². The number of amides is 2. The smallest absolute Gasteiger partial charge is 0.247 e. The molecule has 38 heavy (non-hydrogen) atoms. The monoisotopic (exact) mass is 642 g/mol. The SMILES string of the molecule is CCC(=O)N(Cc1ccc(F)cc1)[C@@H]1CC(C(=O)NCCO)=C[C@H](Oc2c(I)cc(CO)cc2OC)[C@H]1O. The van der Waals surface area contributed by atoms with Gasteiger partial charge in [0, 0.05) is 31.5 Å². The number of methoxy groups -OCH3 is 1. The minimum absolute atomic E-state index is 0.0381. The highest BCUT2D eigenvalue weighted by atomic mass is 127. The molecular formula is C27H32FIN2O7. The molecule has 0 aromatic heterocycles. The summed E-state index contributed by atoms with van der Waals surface area (Å²) in [4.78, 5) is 27.5. The van der Waals surface area contributed by atoms with Gasteiger partial charge in [0.1, 0.15) is 18.0 Å². The molecule has 0 spiro atoms. The number of nitrogens with one attached hydrogen (secondary N) is 1. The number of hydrogen-bond donors (Lipinski definition) is 4. The molecule has 3 atom stereocenters. The van der Waals surface area contributed by atoms with Crippen molar-refractivity contribution >= 4 is 34.4 Å². The number of halogens is 2. The van der Waals surface area contributed by atoms with Gasteiger partial charge in [-0.25, -0.2) is 4.39 Å². The van der Waals surface area contributed by atoms with Gasteiger partial charge in [0.2, 0.25) is 11.8 Å². The Morgan fingerprint density at radius 2 is 1.89 bits per heavy atom. The van der Waals surface area contributed by atoms with Crippen LogP contribution in [-0.4, -0.2) is 70.5 Å². The summed E-state index contributed by atoms with van der Waals surface area (Å²) in [7, 11) is 1.45. The molecule has 2 amide bonds. The van der Waals surface area contributed by atoms with Gasteiger partial charge in [-0.3, -0.25) is 9.59 Å². The Labute approximate surface area is 234 Å². The standard InChI is InChI=1S/C27H32FIN2O7/c1-3-24(34)31(14-16-4-6-19(28)7-5-16)21-12-18(27(36)30-8-9-32)13-22(25(21)35)38-26-20(29)10-17(15-33)11-23(26)37-2/h4-7,10-11,13,21-22,25,32-33,35H,3,8-9,12,14-15H2,1-2H3,(H,30,36)/t21-,22+,25+/m1/s1. The molecule has 9 nitrogen and oxygen atoms in total. The first-order chi connectivity index (χ1) is 18.2. The van der Waals surface area contributed by atoms with Crippen molar-refractivity contribution in [2.24, 2.45) is 0 Å². The van der Waals surface area contributed by atoms with E-state index in [0.29, 0.717) is 26.2 Å². The Morgan fingerprint density at radius 3 is 2.50 bits per heavy atom. The minimum atomic E-state index is -1.22. The van der Waals surface area contributed by atoms with Crippen LogP contribution in [0.2, 0.25) is 0 Å². The number of rotatable bonds is 11. The molecule has 0 saturated heterocycles. The van der Waals surface area contributed by atoms with Crippen LogP contribution in [0, 0.1) is 9.39 Å². The molecule has 0 radical (unpaired) electrons. The van der Waals surface area contributed by atoms with Crippen LogP contribution < -0.4 is 14.8 Å². The number of carbonyl (C=O) groups excluding carboxylic acids is 2. The quantitative estimate of drug-likeness (QED) is 0.277. The summed E-state index contributed by atoms with van der Waals surface area (Å²) >= 11 is 2.03. The highest BCUT2D eigenvalue weighted by Gasteiger charge is 2.40. The van der Waals surface area contributed by atoms with Crippen LogP contribution in [0.3, 0.4) is 0 Å². The van der Waals surface area contributed by atoms with E-state index in [9.17, 15) is 24.2 Å². The van der Waals surface area contributed by atoms with Crippen LogP contribution in [0.4, 0.5) is 4.39 Å². The topological polar surface area (TPSA) is 129 Å². The number of hydrogen-bond acceptors (Lipinski definition) is 7. The third-order valence-corrected chi connectivity index (χ3v) is 7.03. The van der Waals surface area contributed by atoms with Gasteiger partial charge in [-0.2, -0.15) is 0 Å². The molecule has 11 heteroatoms. The lowest BCUT2D eigenvalue weighted by Gasteiger charge is -2.40. The summed E-state index contributed by atoms with van der Waals surface area (Å²) < 4.78 is 25.7. The Hall–Kier alpha value is -2.74. The average Bonchev–Trinajstić information content (AvgIpc) is 2.92. The van der Waals surface area contributed by atoms with Gasteiger partial charge in [-0.15, -0.1) is 0 Å². The molecule has 0 saturated carbocycles. The summed E-state index contributed by atoms with van der Waals surface area (Å²) in [5, 5.41) is 32.8. The van der Waals surface area contributed by atoms with Gasteiger partial charge in [0.05, 0.1) is 29.9 Å². The van der Waals surface area contributed by atoms with Crippen molar-refractivity contribution in [3.8, 4) is 11.5 Å². The predicted octanol–water partition coefficient (Wildman–Crippen LogP) is 2.29. The fourth-order valence-corrected chi connectivity index (χ4v) is 5.07. The molecule has 2 aromatic carbocycles. The molecule has 2 aromatic rings. The van der Waals surface area contributed by atoms with Gasteiger partial charge < -0.3 is 35.0 Å². The molecular weight excluding hydrogens is 610 g/mol. The normalized spacial score (nSPS) is 18.9. The van der Waals surface area contributed by atoms with Gasteiger partial charge in [-0.05, 0) is 64.1 Å². The summed E-state index contributed by atoms with van der Waals surface area (Å²) in [6.45, 7) is 1.38. The lowest BCUT2D eigenvalue weighted by atomic mass is 9.87. The van der Waals surface area contributed by atoms with Crippen LogP contribution in [0.5, 0.6) is 11.5 Å². The van der Waals surface area contributed by atoms with Crippen LogP contribution in [0.1, 0.15) is 30.9 Å². The highest BCUT2D eigenvalue weighted by Crippen LogP contribution is 2.37. The third-order valence-electron chi connectivity index (χ3n) is 6.23. The van der Waals surface area contributed by atoms with E-state index in [0.717, 1.165) is 0 Å². The maximum atomic E-state index is 13.5. The predicted molar refractivity (Wildman–Crippen MR) is 146 cm³/mol. The second-order valence-corrected chi connectivity index (χ2v) is 9.95. The summed E-state index contributed by atoms with van der Waals surface area (Å²) in [5.41, 5.74) is 1.56. The number of aliphatic hydroxyl groups is 3. The van der Waals surface area contributed by atoms with Crippen LogP contribution in [-0.2, 0) is 22.7 Å². The van der Waals surface area contributed by atoms with Gasteiger partial charge in [-0.1, -0.05) is 19.1 Å². The fourth-order valence-electron chi connectivity index (χ4n) is 4.27. The molecule has 0 aliphatic heterocycles. The maximum absolute atomic E-state index is 13.5. The third kappa shape index (κ3) is 7.22. The zero-order valence-corrected chi connectivity index (χ0v) is 23.4. The van der Waals surface area contributed by atoms with Crippen molar-refractivity contribution in [1.82, 2.24) is 10.2 Å². The van der Waals surface area contributed by atoms with E-state index in [1.54, 1.807) is 31.2 Å². The molecule has 4 N–H and O–H groups in total. The minimum Gasteiger partial charge on any atom is -0.493 e. The number of benzene rings is 2. The van der Waals surface area contributed by atoms with E-state index < -0.39 is 30.0 Å². The molecule has 0 fully saturated rings. The van der Waals surface area contributed by atoms with Gasteiger partial charge in [0.15, 0.2) is 11.5 Å². The highest BCUT2D eigenvalue weighted by molar-refractivity contribution is 14.1. The zero-order valence-electron chi connectivity index (χ0n) is 21.2. The second kappa shape index (κ2) is 13.9.